The number of carbonyl (C=O) groups excluding carboxylic acids is 1. The molecule has 0 aliphatic carbocycles. The largest absolute Gasteiger partial charge is 0.373 e. The van der Waals surface area contributed by atoms with E-state index in [9.17, 15) is 4.79 Å². The molecule has 86 valence electrons. The summed E-state index contributed by atoms with van der Waals surface area (Å²) in [5, 5.41) is 2.78. The van der Waals surface area contributed by atoms with E-state index >= 15 is 0 Å². The van der Waals surface area contributed by atoms with Crippen LogP contribution in [0.4, 0.5) is 0 Å². The predicted molar refractivity (Wildman–Crippen MR) is 57.3 cm³/mol. The SMILES string of the molecule is C=C(C)C(=O)NC(CC1CO1)OCCC. The minimum absolute atomic E-state index is 0.156. The van der Waals surface area contributed by atoms with Crippen LogP contribution < -0.4 is 5.32 Å². The van der Waals surface area contributed by atoms with E-state index in [0.717, 1.165) is 19.4 Å². The smallest absolute Gasteiger partial charge is 0.248 e. The molecule has 0 aromatic rings. The van der Waals surface area contributed by atoms with Gasteiger partial charge in [0.2, 0.25) is 5.91 Å². The van der Waals surface area contributed by atoms with Crippen LogP contribution in [-0.2, 0) is 14.3 Å². The topological polar surface area (TPSA) is 50.9 Å². The highest BCUT2D eigenvalue weighted by Gasteiger charge is 2.27. The molecule has 1 aliphatic rings. The molecule has 1 saturated heterocycles. The van der Waals surface area contributed by atoms with Gasteiger partial charge in [0.15, 0.2) is 0 Å². The molecule has 15 heavy (non-hydrogen) atoms. The van der Waals surface area contributed by atoms with Gasteiger partial charge in [-0.25, -0.2) is 0 Å². The van der Waals surface area contributed by atoms with Crippen LogP contribution in [-0.4, -0.2) is 31.5 Å². The summed E-state index contributed by atoms with van der Waals surface area (Å²) in [6, 6.07) is 0. The highest BCUT2D eigenvalue weighted by atomic mass is 16.6. The van der Waals surface area contributed by atoms with E-state index in [-0.39, 0.29) is 18.2 Å². The Bertz CT molecular complexity index is 236. The molecular weight excluding hydrogens is 194 g/mol. The van der Waals surface area contributed by atoms with Crippen LogP contribution in [0.2, 0.25) is 0 Å². The molecule has 1 aliphatic heterocycles. The van der Waals surface area contributed by atoms with Crippen molar-refractivity contribution in [3.8, 4) is 0 Å². The lowest BCUT2D eigenvalue weighted by molar-refractivity contribution is -0.122. The zero-order chi connectivity index (χ0) is 11.3. The monoisotopic (exact) mass is 213 g/mol. The van der Waals surface area contributed by atoms with Crippen molar-refractivity contribution in [1.82, 2.24) is 5.32 Å². The quantitative estimate of drug-likeness (QED) is 0.393. The van der Waals surface area contributed by atoms with Gasteiger partial charge in [-0.15, -0.1) is 0 Å². The average molecular weight is 213 g/mol. The third kappa shape index (κ3) is 4.95. The summed E-state index contributed by atoms with van der Waals surface area (Å²) < 4.78 is 10.6. The van der Waals surface area contributed by atoms with E-state index in [2.05, 4.69) is 11.9 Å². The summed E-state index contributed by atoms with van der Waals surface area (Å²) in [5.74, 6) is -0.156. The fourth-order valence-electron chi connectivity index (χ4n) is 1.14. The van der Waals surface area contributed by atoms with Crippen molar-refractivity contribution < 1.29 is 14.3 Å². The number of ether oxygens (including phenoxy) is 2. The van der Waals surface area contributed by atoms with Crippen LogP contribution in [0, 0.1) is 0 Å². The van der Waals surface area contributed by atoms with Crippen molar-refractivity contribution in [3.05, 3.63) is 12.2 Å². The number of amides is 1. The van der Waals surface area contributed by atoms with Gasteiger partial charge in [0.25, 0.3) is 0 Å². The summed E-state index contributed by atoms with van der Waals surface area (Å²) in [5.41, 5.74) is 0.497. The minimum atomic E-state index is -0.248. The first-order valence-electron chi connectivity index (χ1n) is 5.33. The van der Waals surface area contributed by atoms with Gasteiger partial charge in [-0.05, 0) is 13.3 Å². The minimum Gasteiger partial charge on any atom is -0.373 e. The highest BCUT2D eigenvalue weighted by molar-refractivity contribution is 5.92. The van der Waals surface area contributed by atoms with E-state index in [1.165, 1.54) is 0 Å². The second-order valence-electron chi connectivity index (χ2n) is 3.80. The lowest BCUT2D eigenvalue weighted by atomic mass is 10.2. The first-order chi connectivity index (χ1) is 7.13. The van der Waals surface area contributed by atoms with Crippen LogP contribution >= 0.6 is 0 Å². The Balaban J connectivity index is 2.32. The Kier molecular flexibility index (Phi) is 4.78. The lowest BCUT2D eigenvalue weighted by Crippen LogP contribution is -2.38. The molecule has 0 radical (unpaired) electrons. The second-order valence-corrected chi connectivity index (χ2v) is 3.80. The maximum absolute atomic E-state index is 11.4. The van der Waals surface area contributed by atoms with Crippen molar-refractivity contribution in [3.63, 3.8) is 0 Å². The summed E-state index contributed by atoms with van der Waals surface area (Å²) in [6.45, 7) is 8.72. The first kappa shape index (κ1) is 12.2. The Hall–Kier alpha value is -0.870. The molecule has 1 heterocycles. The van der Waals surface area contributed by atoms with Gasteiger partial charge >= 0.3 is 0 Å². The predicted octanol–water partition coefficient (Wildman–Crippen LogP) is 1.22. The molecule has 0 bridgehead atoms. The summed E-state index contributed by atoms with van der Waals surface area (Å²) >= 11 is 0. The maximum atomic E-state index is 11.4. The fraction of sp³-hybridized carbons (Fsp3) is 0.727. The summed E-state index contributed by atoms with van der Waals surface area (Å²) in [7, 11) is 0. The molecule has 1 N–H and O–H groups in total. The van der Waals surface area contributed by atoms with Crippen molar-refractivity contribution in [1.29, 1.82) is 0 Å². The van der Waals surface area contributed by atoms with Crippen LogP contribution in [0.25, 0.3) is 0 Å². The van der Waals surface area contributed by atoms with Crippen molar-refractivity contribution >= 4 is 5.91 Å². The molecular formula is C11H19NO3. The van der Waals surface area contributed by atoms with Crippen LogP contribution in [0.15, 0.2) is 12.2 Å². The van der Waals surface area contributed by atoms with Crippen LogP contribution in [0.1, 0.15) is 26.7 Å². The molecule has 0 spiro atoms. The van der Waals surface area contributed by atoms with Gasteiger partial charge in [0, 0.05) is 18.6 Å². The Morgan fingerprint density at radius 2 is 2.40 bits per heavy atom. The van der Waals surface area contributed by atoms with E-state index in [4.69, 9.17) is 9.47 Å². The van der Waals surface area contributed by atoms with E-state index in [1.54, 1.807) is 6.92 Å². The molecule has 2 unspecified atom stereocenters. The number of epoxide rings is 1. The number of nitrogens with one attached hydrogen (secondary N) is 1. The normalized spacial score (nSPS) is 20.8. The average Bonchev–Trinajstić information content (AvgIpc) is 2.97. The zero-order valence-electron chi connectivity index (χ0n) is 9.41. The Labute approximate surface area is 90.6 Å². The first-order valence-corrected chi connectivity index (χ1v) is 5.33. The molecule has 1 amide bonds. The molecule has 2 atom stereocenters. The van der Waals surface area contributed by atoms with Gasteiger partial charge in [0.1, 0.15) is 6.23 Å². The number of carbonyl (C=O) groups is 1. The summed E-state index contributed by atoms with van der Waals surface area (Å²) in [4.78, 5) is 11.4. The molecule has 0 aromatic carbocycles. The second kappa shape index (κ2) is 5.88. The van der Waals surface area contributed by atoms with Crippen molar-refractivity contribution in [2.24, 2.45) is 0 Å². The van der Waals surface area contributed by atoms with Gasteiger partial charge < -0.3 is 14.8 Å². The highest BCUT2D eigenvalue weighted by Crippen LogP contribution is 2.16. The molecule has 1 fully saturated rings. The summed E-state index contributed by atoms with van der Waals surface area (Å²) in [6.07, 6.45) is 1.66. The maximum Gasteiger partial charge on any atom is 0.248 e. The fourth-order valence-corrected chi connectivity index (χ4v) is 1.14. The van der Waals surface area contributed by atoms with Crippen molar-refractivity contribution in [2.45, 2.75) is 39.0 Å². The standard InChI is InChI=1S/C11H19NO3/c1-4-5-14-10(6-9-7-15-9)12-11(13)8(2)3/h9-10H,2,4-7H2,1,3H3,(H,12,13). The van der Waals surface area contributed by atoms with Gasteiger partial charge in [0.05, 0.1) is 12.7 Å². The van der Waals surface area contributed by atoms with Crippen LogP contribution in [0.5, 0.6) is 0 Å². The van der Waals surface area contributed by atoms with E-state index in [1.807, 2.05) is 6.92 Å². The van der Waals surface area contributed by atoms with E-state index < -0.39 is 0 Å². The zero-order valence-corrected chi connectivity index (χ0v) is 9.41. The molecule has 0 aromatic heterocycles. The number of rotatable bonds is 7. The molecule has 4 heteroatoms. The molecule has 1 rings (SSSR count). The van der Waals surface area contributed by atoms with Gasteiger partial charge in [-0.3, -0.25) is 4.79 Å². The van der Waals surface area contributed by atoms with Gasteiger partial charge in [-0.1, -0.05) is 13.5 Å². The Morgan fingerprint density at radius 3 is 2.87 bits per heavy atom. The van der Waals surface area contributed by atoms with Crippen molar-refractivity contribution in [2.75, 3.05) is 13.2 Å². The van der Waals surface area contributed by atoms with E-state index in [0.29, 0.717) is 12.2 Å². The lowest BCUT2D eigenvalue weighted by Gasteiger charge is -2.18. The molecule has 4 nitrogen and oxygen atoms in total. The number of hydrogen-bond acceptors (Lipinski definition) is 3. The molecule has 0 saturated carbocycles. The van der Waals surface area contributed by atoms with Gasteiger partial charge in [-0.2, -0.15) is 0 Å². The Morgan fingerprint density at radius 1 is 1.73 bits per heavy atom. The third-order valence-electron chi connectivity index (χ3n) is 2.08. The third-order valence-corrected chi connectivity index (χ3v) is 2.08. The van der Waals surface area contributed by atoms with Crippen LogP contribution in [0.3, 0.4) is 0 Å². The number of hydrogen-bond donors (Lipinski definition) is 1.